The van der Waals surface area contributed by atoms with Gasteiger partial charge in [-0.05, 0) is 26.0 Å². The fraction of sp³-hybridized carbons (Fsp3) is 0.500. The van der Waals surface area contributed by atoms with Gasteiger partial charge in [0, 0.05) is 37.4 Å². The Kier molecular flexibility index (Phi) is 4.27. The van der Waals surface area contributed by atoms with Crippen molar-refractivity contribution < 1.29 is 9.53 Å². The number of benzene rings is 1. The van der Waals surface area contributed by atoms with E-state index >= 15 is 0 Å². The maximum absolute atomic E-state index is 12.3. The van der Waals surface area contributed by atoms with E-state index in [9.17, 15) is 4.79 Å². The summed E-state index contributed by atoms with van der Waals surface area (Å²) in [5, 5.41) is 3.31. The summed E-state index contributed by atoms with van der Waals surface area (Å²) in [4.78, 5) is 14.1. The highest BCUT2D eigenvalue weighted by molar-refractivity contribution is 5.81. The van der Waals surface area contributed by atoms with Crippen LogP contribution in [0.1, 0.15) is 13.8 Å². The molecule has 19 heavy (non-hydrogen) atoms. The van der Waals surface area contributed by atoms with E-state index in [1.54, 1.807) is 25.1 Å². The van der Waals surface area contributed by atoms with Crippen LogP contribution in [0, 0.1) is 0 Å². The first-order valence-corrected chi connectivity index (χ1v) is 6.60. The molecule has 1 saturated heterocycles. The molecule has 0 saturated carbocycles. The number of nitrogen functional groups attached to an aromatic ring is 1. The highest BCUT2D eigenvalue weighted by Gasteiger charge is 2.25. The Balaban J connectivity index is 1.95. The van der Waals surface area contributed by atoms with Crippen molar-refractivity contribution in [1.82, 2.24) is 10.2 Å². The van der Waals surface area contributed by atoms with Gasteiger partial charge < -0.3 is 20.7 Å². The third-order valence-electron chi connectivity index (χ3n) is 3.20. The number of rotatable bonds is 3. The number of nitrogens with zero attached hydrogens (tertiary/aromatic N) is 1. The minimum atomic E-state index is -0.493. The van der Waals surface area contributed by atoms with Crippen LogP contribution in [-0.2, 0) is 4.79 Å². The van der Waals surface area contributed by atoms with Crippen LogP contribution in [0.4, 0.5) is 5.69 Å². The molecule has 5 nitrogen and oxygen atoms in total. The number of hydrogen-bond donors (Lipinski definition) is 2. The molecule has 0 spiro atoms. The fourth-order valence-electron chi connectivity index (χ4n) is 2.23. The summed E-state index contributed by atoms with van der Waals surface area (Å²) in [6, 6.07) is 7.47. The number of anilines is 1. The Bertz CT molecular complexity index is 450. The van der Waals surface area contributed by atoms with Gasteiger partial charge in [0.2, 0.25) is 0 Å². The van der Waals surface area contributed by atoms with Crippen molar-refractivity contribution in [3.05, 3.63) is 24.3 Å². The minimum absolute atomic E-state index is 0.0239. The molecule has 1 aromatic carbocycles. The largest absolute Gasteiger partial charge is 0.481 e. The second-order valence-corrected chi connectivity index (χ2v) is 4.97. The third kappa shape index (κ3) is 3.61. The Hall–Kier alpha value is -1.75. The number of carbonyl (C=O) groups is 1. The molecule has 0 aliphatic carbocycles. The van der Waals surface area contributed by atoms with Crippen molar-refractivity contribution in [1.29, 1.82) is 0 Å². The van der Waals surface area contributed by atoms with Crippen molar-refractivity contribution in [2.45, 2.75) is 26.0 Å². The molecule has 1 heterocycles. The molecule has 0 unspecified atom stereocenters. The predicted molar refractivity (Wildman–Crippen MR) is 75.0 cm³/mol. The van der Waals surface area contributed by atoms with Gasteiger partial charge in [0.25, 0.3) is 5.91 Å². The molecule has 1 aliphatic rings. The lowest BCUT2D eigenvalue weighted by molar-refractivity contribution is -0.139. The molecule has 104 valence electrons. The summed E-state index contributed by atoms with van der Waals surface area (Å²) in [5.41, 5.74) is 6.32. The number of piperazine rings is 1. The summed E-state index contributed by atoms with van der Waals surface area (Å²) in [5.74, 6) is 0.653. The van der Waals surface area contributed by atoms with E-state index in [-0.39, 0.29) is 5.91 Å². The van der Waals surface area contributed by atoms with E-state index in [2.05, 4.69) is 12.2 Å². The SMILES string of the molecule is C[C@@H]1CN(C(=O)[C@H](C)Oc2cccc(N)c2)CCN1. The van der Waals surface area contributed by atoms with Gasteiger partial charge in [0.15, 0.2) is 6.10 Å². The highest BCUT2D eigenvalue weighted by atomic mass is 16.5. The van der Waals surface area contributed by atoms with Crippen LogP contribution in [-0.4, -0.2) is 42.6 Å². The van der Waals surface area contributed by atoms with E-state index in [1.165, 1.54) is 0 Å². The van der Waals surface area contributed by atoms with Crippen LogP contribution in [0.25, 0.3) is 0 Å². The van der Waals surface area contributed by atoms with Crippen LogP contribution in [0.3, 0.4) is 0 Å². The lowest BCUT2D eigenvalue weighted by atomic mass is 10.2. The number of amides is 1. The van der Waals surface area contributed by atoms with Gasteiger partial charge in [-0.3, -0.25) is 4.79 Å². The first-order valence-electron chi connectivity index (χ1n) is 6.60. The van der Waals surface area contributed by atoms with Gasteiger partial charge in [0.05, 0.1) is 0 Å². The second kappa shape index (κ2) is 5.93. The monoisotopic (exact) mass is 263 g/mol. The summed E-state index contributed by atoms with van der Waals surface area (Å²) in [6.45, 7) is 6.14. The molecule has 0 aromatic heterocycles. The Morgan fingerprint density at radius 2 is 2.37 bits per heavy atom. The van der Waals surface area contributed by atoms with Crippen molar-refractivity contribution in [3.63, 3.8) is 0 Å². The van der Waals surface area contributed by atoms with Crippen molar-refractivity contribution in [2.24, 2.45) is 0 Å². The van der Waals surface area contributed by atoms with Crippen LogP contribution < -0.4 is 15.8 Å². The zero-order chi connectivity index (χ0) is 13.8. The predicted octanol–water partition coefficient (Wildman–Crippen LogP) is 0.856. The summed E-state index contributed by atoms with van der Waals surface area (Å²) < 4.78 is 5.65. The van der Waals surface area contributed by atoms with Crippen molar-refractivity contribution in [3.8, 4) is 5.75 Å². The Labute approximate surface area is 113 Å². The average molecular weight is 263 g/mol. The highest BCUT2D eigenvalue weighted by Crippen LogP contribution is 2.17. The third-order valence-corrected chi connectivity index (χ3v) is 3.20. The Morgan fingerprint density at radius 3 is 3.05 bits per heavy atom. The van der Waals surface area contributed by atoms with Crippen molar-refractivity contribution >= 4 is 11.6 Å². The van der Waals surface area contributed by atoms with E-state index in [1.807, 2.05) is 11.0 Å². The molecule has 0 radical (unpaired) electrons. The topological polar surface area (TPSA) is 67.6 Å². The van der Waals surface area contributed by atoms with Crippen LogP contribution >= 0.6 is 0 Å². The van der Waals surface area contributed by atoms with Crippen molar-refractivity contribution in [2.75, 3.05) is 25.4 Å². The van der Waals surface area contributed by atoms with Gasteiger partial charge >= 0.3 is 0 Å². The number of nitrogens with one attached hydrogen (secondary N) is 1. The van der Waals surface area contributed by atoms with Crippen LogP contribution in [0.5, 0.6) is 5.75 Å². The van der Waals surface area contributed by atoms with E-state index in [0.29, 0.717) is 17.5 Å². The van der Waals surface area contributed by atoms with Gasteiger partial charge in [0.1, 0.15) is 5.75 Å². The molecule has 1 fully saturated rings. The second-order valence-electron chi connectivity index (χ2n) is 4.97. The van der Waals surface area contributed by atoms with E-state index < -0.39 is 6.10 Å². The van der Waals surface area contributed by atoms with E-state index in [4.69, 9.17) is 10.5 Å². The Morgan fingerprint density at radius 1 is 1.58 bits per heavy atom. The first kappa shape index (κ1) is 13.7. The van der Waals surface area contributed by atoms with E-state index in [0.717, 1.165) is 19.6 Å². The van der Waals surface area contributed by atoms with Crippen LogP contribution in [0.15, 0.2) is 24.3 Å². The molecule has 2 rings (SSSR count). The number of nitrogens with two attached hydrogens (primary N) is 1. The minimum Gasteiger partial charge on any atom is -0.481 e. The summed E-state index contributed by atoms with van der Waals surface area (Å²) >= 11 is 0. The van der Waals surface area contributed by atoms with Gasteiger partial charge in [-0.1, -0.05) is 6.07 Å². The zero-order valence-electron chi connectivity index (χ0n) is 11.4. The smallest absolute Gasteiger partial charge is 0.263 e. The first-order chi connectivity index (χ1) is 9.06. The normalized spacial score (nSPS) is 20.9. The molecule has 2 atom stereocenters. The molecule has 0 bridgehead atoms. The molecular weight excluding hydrogens is 242 g/mol. The molecule has 1 amide bonds. The van der Waals surface area contributed by atoms with Gasteiger partial charge in [-0.25, -0.2) is 0 Å². The maximum atomic E-state index is 12.3. The fourth-order valence-corrected chi connectivity index (χ4v) is 2.23. The molecule has 1 aromatic rings. The van der Waals surface area contributed by atoms with Crippen LogP contribution in [0.2, 0.25) is 0 Å². The quantitative estimate of drug-likeness (QED) is 0.794. The lowest BCUT2D eigenvalue weighted by Gasteiger charge is -2.33. The molecular formula is C14H21N3O2. The molecule has 3 N–H and O–H groups in total. The molecule has 1 aliphatic heterocycles. The maximum Gasteiger partial charge on any atom is 0.263 e. The number of ether oxygens (including phenoxy) is 1. The number of carbonyl (C=O) groups excluding carboxylic acids is 1. The standard InChI is InChI=1S/C14H21N3O2/c1-10-9-17(7-6-16-10)14(18)11(2)19-13-5-3-4-12(15)8-13/h3-5,8,10-11,16H,6-7,9,15H2,1-2H3/t10-,11+/m1/s1. The lowest BCUT2D eigenvalue weighted by Crippen LogP contribution is -2.54. The number of hydrogen-bond acceptors (Lipinski definition) is 4. The zero-order valence-corrected chi connectivity index (χ0v) is 11.4. The van der Waals surface area contributed by atoms with Gasteiger partial charge in [-0.2, -0.15) is 0 Å². The summed E-state index contributed by atoms with van der Waals surface area (Å²) in [6.07, 6.45) is -0.493. The molecule has 5 heteroatoms. The average Bonchev–Trinajstić information content (AvgIpc) is 2.38. The summed E-state index contributed by atoms with van der Waals surface area (Å²) in [7, 11) is 0. The van der Waals surface area contributed by atoms with Gasteiger partial charge in [-0.15, -0.1) is 0 Å².